The van der Waals surface area contributed by atoms with Crippen molar-refractivity contribution in [3.8, 4) is 0 Å². The van der Waals surface area contributed by atoms with Crippen molar-refractivity contribution in [2.75, 3.05) is 0 Å². The maximum atomic E-state index is 3.83. The molecule has 0 radical (unpaired) electrons. The average Bonchev–Trinajstić information content (AvgIpc) is 2.13. The summed E-state index contributed by atoms with van der Waals surface area (Å²) < 4.78 is 0. The molecule has 0 N–H and O–H groups in total. The van der Waals surface area contributed by atoms with Crippen LogP contribution in [-0.4, -0.2) is 0 Å². The molecule has 0 saturated carbocycles. The molecule has 0 aliphatic heterocycles. The van der Waals surface area contributed by atoms with E-state index in [1.807, 2.05) is 0 Å². The average molecular weight is 182 g/mol. The molecule has 0 aliphatic rings. The molecular weight excluding hydrogens is 156 g/mol. The van der Waals surface area contributed by atoms with Crippen LogP contribution in [0.2, 0.25) is 0 Å². The molecule has 13 heavy (non-hydrogen) atoms. The predicted molar refractivity (Wildman–Crippen MR) is 62.0 cm³/mol. The van der Waals surface area contributed by atoms with Crippen LogP contribution in [0.25, 0.3) is 0 Å². The zero-order valence-corrected chi connectivity index (χ0v) is 9.52. The summed E-state index contributed by atoms with van der Waals surface area (Å²) >= 11 is 0. The fraction of sp³-hybridized carbons (Fsp3) is 0.846. The van der Waals surface area contributed by atoms with Crippen molar-refractivity contribution < 1.29 is 0 Å². The summed E-state index contributed by atoms with van der Waals surface area (Å²) in [5, 5.41) is 0. The number of allylic oxidation sites excluding steroid dienone is 1. The maximum Gasteiger partial charge on any atom is -0.0325 e. The SMILES string of the molecule is C=CCC(CCC)CCCCCC. The molecule has 1 unspecified atom stereocenters. The van der Waals surface area contributed by atoms with Crippen LogP contribution in [0.15, 0.2) is 12.7 Å². The smallest absolute Gasteiger partial charge is 0.0325 e. The Morgan fingerprint density at radius 1 is 1.00 bits per heavy atom. The first-order chi connectivity index (χ1) is 6.35. The topological polar surface area (TPSA) is 0 Å². The Morgan fingerprint density at radius 3 is 2.31 bits per heavy atom. The minimum Gasteiger partial charge on any atom is -0.103 e. The van der Waals surface area contributed by atoms with Gasteiger partial charge in [-0.1, -0.05) is 64.9 Å². The Labute approximate surface area is 84.4 Å². The van der Waals surface area contributed by atoms with Gasteiger partial charge in [-0.15, -0.1) is 6.58 Å². The lowest BCUT2D eigenvalue weighted by atomic mass is 9.93. The van der Waals surface area contributed by atoms with E-state index in [0.29, 0.717) is 0 Å². The van der Waals surface area contributed by atoms with Gasteiger partial charge in [-0.25, -0.2) is 0 Å². The second-order valence-corrected chi connectivity index (χ2v) is 4.03. The largest absolute Gasteiger partial charge is 0.103 e. The Morgan fingerprint density at radius 2 is 1.77 bits per heavy atom. The van der Waals surface area contributed by atoms with Crippen LogP contribution < -0.4 is 0 Å². The third-order valence-electron chi connectivity index (χ3n) is 2.66. The quantitative estimate of drug-likeness (QED) is 0.349. The van der Waals surface area contributed by atoms with Gasteiger partial charge in [-0.05, 0) is 12.3 Å². The van der Waals surface area contributed by atoms with Gasteiger partial charge in [0.2, 0.25) is 0 Å². The predicted octanol–water partition coefficient (Wildman–Crippen LogP) is 4.95. The highest BCUT2D eigenvalue weighted by Crippen LogP contribution is 2.19. The highest BCUT2D eigenvalue weighted by atomic mass is 14.1. The molecule has 0 bridgehead atoms. The lowest BCUT2D eigenvalue weighted by molar-refractivity contribution is 0.425. The Hall–Kier alpha value is -0.260. The van der Waals surface area contributed by atoms with Crippen molar-refractivity contribution in [1.82, 2.24) is 0 Å². The molecule has 0 amide bonds. The molecule has 0 aromatic heterocycles. The first-order valence-electron chi connectivity index (χ1n) is 5.96. The van der Waals surface area contributed by atoms with Gasteiger partial charge in [-0.3, -0.25) is 0 Å². The molecule has 0 fully saturated rings. The Kier molecular flexibility index (Phi) is 9.63. The van der Waals surface area contributed by atoms with Gasteiger partial charge in [0.05, 0.1) is 0 Å². The molecule has 78 valence electrons. The number of hydrogen-bond donors (Lipinski definition) is 0. The van der Waals surface area contributed by atoms with Crippen LogP contribution in [0, 0.1) is 5.92 Å². The molecule has 0 rings (SSSR count). The van der Waals surface area contributed by atoms with E-state index in [0.717, 1.165) is 5.92 Å². The Bertz CT molecular complexity index is 105. The first-order valence-corrected chi connectivity index (χ1v) is 5.96. The van der Waals surface area contributed by atoms with Crippen molar-refractivity contribution in [3.63, 3.8) is 0 Å². The standard InChI is InChI=1S/C13H26/c1-4-7-8-9-12-13(10-5-2)11-6-3/h5,13H,2,4,6-12H2,1,3H3. The van der Waals surface area contributed by atoms with E-state index in [1.165, 1.54) is 51.4 Å². The van der Waals surface area contributed by atoms with Gasteiger partial charge in [0.1, 0.15) is 0 Å². The zero-order valence-electron chi connectivity index (χ0n) is 9.52. The van der Waals surface area contributed by atoms with E-state index >= 15 is 0 Å². The summed E-state index contributed by atoms with van der Waals surface area (Å²) in [7, 11) is 0. The van der Waals surface area contributed by atoms with Crippen LogP contribution in [0.4, 0.5) is 0 Å². The fourth-order valence-corrected chi connectivity index (χ4v) is 1.88. The van der Waals surface area contributed by atoms with Gasteiger partial charge >= 0.3 is 0 Å². The fourth-order valence-electron chi connectivity index (χ4n) is 1.88. The second-order valence-electron chi connectivity index (χ2n) is 4.03. The van der Waals surface area contributed by atoms with E-state index in [1.54, 1.807) is 0 Å². The molecule has 0 aliphatic carbocycles. The minimum atomic E-state index is 0.916. The van der Waals surface area contributed by atoms with E-state index in [-0.39, 0.29) is 0 Å². The maximum absolute atomic E-state index is 3.83. The van der Waals surface area contributed by atoms with Crippen molar-refractivity contribution in [3.05, 3.63) is 12.7 Å². The molecular formula is C13H26. The van der Waals surface area contributed by atoms with E-state index in [2.05, 4.69) is 26.5 Å². The lowest BCUT2D eigenvalue weighted by Gasteiger charge is -2.13. The first kappa shape index (κ1) is 12.7. The van der Waals surface area contributed by atoms with Gasteiger partial charge in [0, 0.05) is 0 Å². The summed E-state index contributed by atoms with van der Waals surface area (Å²) in [5.41, 5.74) is 0. The van der Waals surface area contributed by atoms with Crippen molar-refractivity contribution in [2.45, 2.75) is 65.2 Å². The Balaban J connectivity index is 3.38. The molecule has 0 spiro atoms. The van der Waals surface area contributed by atoms with E-state index in [4.69, 9.17) is 0 Å². The zero-order chi connectivity index (χ0) is 9.94. The number of rotatable bonds is 9. The summed E-state index contributed by atoms with van der Waals surface area (Å²) in [5.74, 6) is 0.916. The minimum absolute atomic E-state index is 0.916. The van der Waals surface area contributed by atoms with Crippen LogP contribution in [-0.2, 0) is 0 Å². The van der Waals surface area contributed by atoms with Crippen LogP contribution in [0.1, 0.15) is 65.2 Å². The van der Waals surface area contributed by atoms with Crippen LogP contribution in [0.5, 0.6) is 0 Å². The van der Waals surface area contributed by atoms with Crippen molar-refractivity contribution in [2.24, 2.45) is 5.92 Å². The third-order valence-corrected chi connectivity index (χ3v) is 2.66. The summed E-state index contributed by atoms with van der Waals surface area (Å²) in [4.78, 5) is 0. The van der Waals surface area contributed by atoms with Crippen molar-refractivity contribution >= 4 is 0 Å². The summed E-state index contributed by atoms with van der Waals surface area (Å²) in [6.07, 6.45) is 13.0. The molecule has 1 atom stereocenters. The molecule has 0 nitrogen and oxygen atoms in total. The molecule has 0 saturated heterocycles. The normalized spacial score (nSPS) is 12.8. The highest BCUT2D eigenvalue weighted by molar-refractivity contribution is 4.72. The number of unbranched alkanes of at least 4 members (excludes halogenated alkanes) is 3. The van der Waals surface area contributed by atoms with Crippen LogP contribution in [0.3, 0.4) is 0 Å². The number of hydrogen-bond acceptors (Lipinski definition) is 0. The molecule has 0 heterocycles. The second kappa shape index (κ2) is 9.83. The van der Waals surface area contributed by atoms with Gasteiger partial charge in [-0.2, -0.15) is 0 Å². The van der Waals surface area contributed by atoms with Gasteiger partial charge in [0.25, 0.3) is 0 Å². The van der Waals surface area contributed by atoms with Gasteiger partial charge < -0.3 is 0 Å². The molecule has 0 aromatic rings. The van der Waals surface area contributed by atoms with Crippen LogP contribution >= 0.6 is 0 Å². The molecule has 0 heteroatoms. The summed E-state index contributed by atoms with van der Waals surface area (Å²) in [6.45, 7) is 8.38. The monoisotopic (exact) mass is 182 g/mol. The summed E-state index contributed by atoms with van der Waals surface area (Å²) in [6, 6.07) is 0. The highest BCUT2D eigenvalue weighted by Gasteiger charge is 2.04. The lowest BCUT2D eigenvalue weighted by Crippen LogP contribution is -1.98. The van der Waals surface area contributed by atoms with Gasteiger partial charge in [0.15, 0.2) is 0 Å². The van der Waals surface area contributed by atoms with E-state index < -0.39 is 0 Å². The van der Waals surface area contributed by atoms with Crippen molar-refractivity contribution in [1.29, 1.82) is 0 Å². The van der Waals surface area contributed by atoms with E-state index in [9.17, 15) is 0 Å². The molecule has 0 aromatic carbocycles. The third kappa shape index (κ3) is 8.08.